The minimum absolute atomic E-state index is 0.0127. The summed E-state index contributed by atoms with van der Waals surface area (Å²) < 4.78 is 59.0. The van der Waals surface area contributed by atoms with Gasteiger partial charge in [0.05, 0.1) is 4.90 Å². The molecule has 1 rings (SSSR count). The highest BCUT2D eigenvalue weighted by Gasteiger charge is 2.27. The zero-order chi connectivity index (χ0) is 26.0. The van der Waals surface area contributed by atoms with Gasteiger partial charge in [-0.25, -0.2) is 17.6 Å². The quantitative estimate of drug-likeness (QED) is 0.144. The summed E-state index contributed by atoms with van der Waals surface area (Å²) in [5.74, 6) is -6.46. The van der Waals surface area contributed by atoms with Gasteiger partial charge in [-0.1, -0.05) is 47.5 Å². The molecule has 0 radical (unpaired) electrons. The number of nitrogens with one attached hydrogen (secondary N) is 1. The Hall–Kier alpha value is -1.61. The zero-order valence-electron chi connectivity index (χ0n) is 20.9. The number of hydrogen-bond donors (Lipinski definition) is 1. The lowest BCUT2D eigenvalue weighted by Gasteiger charge is -2.24. The van der Waals surface area contributed by atoms with E-state index in [1.807, 2.05) is 34.6 Å². The lowest BCUT2D eigenvalue weighted by Crippen LogP contribution is -2.44. The van der Waals surface area contributed by atoms with Crippen LogP contribution in [-0.4, -0.2) is 29.8 Å². The molecular formula is C24H39F4NO3S. The van der Waals surface area contributed by atoms with Gasteiger partial charge in [0.2, 0.25) is 0 Å². The fourth-order valence-corrected chi connectivity index (χ4v) is 3.18. The SMILES string of the molecule is CC.CC.CCCCOC(C)(C)C(=O)NCCCCCC(=O)Sc1c(F)c(F)cc(F)c1F. The number of carbonyl (C=O) groups excluding carboxylic acids is 2. The second kappa shape index (κ2) is 18.8. The first-order valence-electron chi connectivity index (χ1n) is 11.6. The Labute approximate surface area is 200 Å². The van der Waals surface area contributed by atoms with Gasteiger partial charge in [-0.15, -0.1) is 0 Å². The molecule has 0 atom stereocenters. The third-order valence-electron chi connectivity index (χ3n) is 4.14. The van der Waals surface area contributed by atoms with Crippen molar-refractivity contribution < 1.29 is 31.9 Å². The van der Waals surface area contributed by atoms with Crippen molar-refractivity contribution in [2.45, 2.75) is 97.5 Å². The minimum Gasteiger partial charge on any atom is -0.366 e. The number of carbonyl (C=O) groups is 2. The first-order valence-corrected chi connectivity index (χ1v) is 12.4. The van der Waals surface area contributed by atoms with E-state index in [-0.39, 0.29) is 30.2 Å². The molecule has 0 aliphatic carbocycles. The highest BCUT2D eigenvalue weighted by Crippen LogP contribution is 2.30. The molecule has 1 amide bonds. The number of hydrogen-bond acceptors (Lipinski definition) is 4. The van der Waals surface area contributed by atoms with Crippen molar-refractivity contribution in [1.29, 1.82) is 0 Å². The predicted octanol–water partition coefficient (Wildman–Crippen LogP) is 7.19. The Morgan fingerprint density at radius 1 is 0.939 bits per heavy atom. The van der Waals surface area contributed by atoms with Crippen molar-refractivity contribution in [3.8, 4) is 0 Å². The van der Waals surface area contributed by atoms with Gasteiger partial charge in [-0.3, -0.25) is 9.59 Å². The van der Waals surface area contributed by atoms with Crippen molar-refractivity contribution in [3.05, 3.63) is 29.3 Å². The van der Waals surface area contributed by atoms with Crippen LogP contribution in [0.4, 0.5) is 17.6 Å². The summed E-state index contributed by atoms with van der Waals surface area (Å²) in [6, 6.07) is 0.101. The van der Waals surface area contributed by atoms with Crippen LogP contribution >= 0.6 is 11.8 Å². The molecule has 0 fully saturated rings. The fourth-order valence-electron chi connectivity index (χ4n) is 2.33. The van der Waals surface area contributed by atoms with E-state index in [1.165, 1.54) is 0 Å². The van der Waals surface area contributed by atoms with Crippen LogP contribution in [0, 0.1) is 23.3 Å². The van der Waals surface area contributed by atoms with E-state index < -0.39 is 38.9 Å². The molecular weight excluding hydrogens is 458 g/mol. The van der Waals surface area contributed by atoms with Gasteiger partial charge in [0.25, 0.3) is 5.91 Å². The Bertz CT molecular complexity index is 689. The number of ether oxygens (including phenoxy) is 1. The highest BCUT2D eigenvalue weighted by atomic mass is 32.2. The van der Waals surface area contributed by atoms with Gasteiger partial charge < -0.3 is 10.1 Å². The molecule has 0 bridgehead atoms. The van der Waals surface area contributed by atoms with Crippen molar-refractivity contribution in [2.75, 3.05) is 13.2 Å². The van der Waals surface area contributed by atoms with Gasteiger partial charge in [-0.05, 0) is 44.9 Å². The van der Waals surface area contributed by atoms with Gasteiger partial charge in [0, 0.05) is 25.6 Å². The summed E-state index contributed by atoms with van der Waals surface area (Å²) in [6.45, 7) is 14.3. The number of unbranched alkanes of at least 4 members (excludes halogenated alkanes) is 3. The normalized spacial score (nSPS) is 10.5. The summed E-state index contributed by atoms with van der Waals surface area (Å²) in [6.07, 6.45) is 3.44. The standard InChI is InChI=1S/C20H27F4NO3S.2C2H6/c1-4-5-11-28-20(2,3)19(27)25-10-8-6-7-9-15(26)29-18-16(23)13(21)12-14(22)17(18)24;2*1-2/h12H,4-11H2,1-3H3,(H,25,27);2*1-2H3. The van der Waals surface area contributed by atoms with E-state index in [1.54, 1.807) is 13.8 Å². The smallest absolute Gasteiger partial charge is 0.251 e. The van der Waals surface area contributed by atoms with Crippen LogP contribution in [-0.2, 0) is 14.3 Å². The summed E-state index contributed by atoms with van der Waals surface area (Å²) >= 11 is 0.151. The Kier molecular flexibility index (Phi) is 19.1. The Balaban J connectivity index is 0. The third-order valence-corrected chi connectivity index (χ3v) is 5.13. The molecule has 1 aromatic carbocycles. The summed E-state index contributed by atoms with van der Waals surface area (Å²) in [5, 5.41) is 2.17. The van der Waals surface area contributed by atoms with Crippen LogP contribution in [0.5, 0.6) is 0 Å². The molecule has 1 aromatic rings. The molecule has 1 N–H and O–H groups in total. The lowest BCUT2D eigenvalue weighted by molar-refractivity contribution is -0.142. The number of amides is 1. The van der Waals surface area contributed by atoms with Gasteiger partial charge >= 0.3 is 0 Å². The fraction of sp³-hybridized carbons (Fsp3) is 0.667. The molecule has 192 valence electrons. The summed E-state index contributed by atoms with van der Waals surface area (Å²) in [4.78, 5) is 23.0. The lowest BCUT2D eigenvalue weighted by atomic mass is 10.1. The third kappa shape index (κ3) is 13.0. The molecule has 0 unspecified atom stereocenters. The van der Waals surface area contributed by atoms with E-state index in [0.29, 0.717) is 32.4 Å². The monoisotopic (exact) mass is 497 g/mol. The highest BCUT2D eigenvalue weighted by molar-refractivity contribution is 8.13. The van der Waals surface area contributed by atoms with E-state index >= 15 is 0 Å². The largest absolute Gasteiger partial charge is 0.366 e. The second-order valence-electron chi connectivity index (χ2n) is 7.05. The Morgan fingerprint density at radius 3 is 2.00 bits per heavy atom. The summed E-state index contributed by atoms with van der Waals surface area (Å²) in [5.41, 5.74) is -0.920. The van der Waals surface area contributed by atoms with Crippen molar-refractivity contribution in [2.24, 2.45) is 0 Å². The molecule has 9 heteroatoms. The van der Waals surface area contributed by atoms with Crippen LogP contribution in [0.2, 0.25) is 0 Å². The predicted molar refractivity (Wildman–Crippen MR) is 126 cm³/mol. The average molecular weight is 498 g/mol. The van der Waals surface area contributed by atoms with Crippen molar-refractivity contribution in [3.63, 3.8) is 0 Å². The molecule has 0 spiro atoms. The van der Waals surface area contributed by atoms with Crippen molar-refractivity contribution in [1.82, 2.24) is 5.32 Å². The molecule has 4 nitrogen and oxygen atoms in total. The number of thioether (sulfide) groups is 1. The molecule has 0 aliphatic rings. The molecule has 33 heavy (non-hydrogen) atoms. The second-order valence-corrected chi connectivity index (χ2v) is 8.12. The minimum atomic E-state index is -1.58. The van der Waals surface area contributed by atoms with Crippen LogP contribution in [0.1, 0.15) is 87.0 Å². The first kappa shape index (κ1) is 33.6. The zero-order valence-corrected chi connectivity index (χ0v) is 21.7. The van der Waals surface area contributed by atoms with E-state index in [0.717, 1.165) is 12.8 Å². The van der Waals surface area contributed by atoms with Crippen molar-refractivity contribution >= 4 is 22.8 Å². The Morgan fingerprint density at radius 2 is 1.48 bits per heavy atom. The maximum Gasteiger partial charge on any atom is 0.251 e. The van der Waals surface area contributed by atoms with Crippen LogP contribution in [0.15, 0.2) is 11.0 Å². The maximum absolute atomic E-state index is 13.6. The van der Waals surface area contributed by atoms with Gasteiger partial charge in [0.15, 0.2) is 28.4 Å². The van der Waals surface area contributed by atoms with E-state index in [4.69, 9.17) is 4.74 Å². The molecule has 0 saturated carbocycles. The van der Waals surface area contributed by atoms with E-state index in [2.05, 4.69) is 5.32 Å². The number of benzene rings is 1. The topological polar surface area (TPSA) is 55.4 Å². The van der Waals surface area contributed by atoms with Gasteiger partial charge in [-0.2, -0.15) is 0 Å². The van der Waals surface area contributed by atoms with Crippen LogP contribution in [0.3, 0.4) is 0 Å². The molecule has 0 heterocycles. The first-order chi connectivity index (χ1) is 15.6. The molecule has 0 aliphatic heterocycles. The van der Waals surface area contributed by atoms with Crippen LogP contribution < -0.4 is 5.32 Å². The molecule has 0 aromatic heterocycles. The average Bonchev–Trinajstić information content (AvgIpc) is 2.80. The molecule has 0 saturated heterocycles. The van der Waals surface area contributed by atoms with Crippen LogP contribution in [0.25, 0.3) is 0 Å². The summed E-state index contributed by atoms with van der Waals surface area (Å²) in [7, 11) is 0. The maximum atomic E-state index is 13.6. The van der Waals surface area contributed by atoms with Gasteiger partial charge in [0.1, 0.15) is 5.60 Å². The number of halogens is 4. The number of rotatable bonds is 12. The van der Waals surface area contributed by atoms with E-state index in [9.17, 15) is 27.2 Å².